The molecular formula is C19H18N2O2. The molecule has 0 aliphatic rings. The number of hydrogen-bond donors (Lipinski definition) is 2. The minimum Gasteiger partial charge on any atom is -0.504 e. The van der Waals surface area contributed by atoms with Gasteiger partial charge in [-0.25, -0.2) is 0 Å². The van der Waals surface area contributed by atoms with Gasteiger partial charge in [-0.15, -0.1) is 0 Å². The number of phenolic OH excluding ortho intramolecular Hbond substituents is 1. The largest absolute Gasteiger partial charge is 0.504 e. The third-order valence-electron chi connectivity index (χ3n) is 3.71. The van der Waals surface area contributed by atoms with Crippen LogP contribution in [0, 0.1) is 0 Å². The molecule has 0 bridgehead atoms. The Hall–Kier alpha value is -3.01. The van der Waals surface area contributed by atoms with Gasteiger partial charge in [-0.05, 0) is 29.8 Å². The summed E-state index contributed by atoms with van der Waals surface area (Å²) in [6, 6.07) is 17.2. The monoisotopic (exact) mass is 306 g/mol. The topological polar surface area (TPSA) is 54.3 Å². The van der Waals surface area contributed by atoms with Crippen LogP contribution in [0.2, 0.25) is 0 Å². The van der Waals surface area contributed by atoms with Crippen molar-refractivity contribution < 1.29 is 9.90 Å². The van der Waals surface area contributed by atoms with Crippen LogP contribution in [0.3, 0.4) is 0 Å². The van der Waals surface area contributed by atoms with Crippen molar-refractivity contribution in [3.63, 3.8) is 0 Å². The molecule has 4 nitrogen and oxygen atoms in total. The third-order valence-corrected chi connectivity index (χ3v) is 3.71. The molecule has 0 saturated heterocycles. The first kappa shape index (κ1) is 14.9. The van der Waals surface area contributed by atoms with Crippen LogP contribution < -0.4 is 5.32 Å². The molecule has 0 fully saturated rings. The Morgan fingerprint density at radius 2 is 1.74 bits per heavy atom. The van der Waals surface area contributed by atoms with Crippen LogP contribution in [0.5, 0.6) is 5.75 Å². The zero-order chi connectivity index (χ0) is 16.2. The fraction of sp³-hybridized carbons (Fsp3) is 0.105. The van der Waals surface area contributed by atoms with Crippen molar-refractivity contribution >= 4 is 11.6 Å². The molecule has 3 rings (SSSR count). The number of phenols is 1. The molecule has 0 aliphatic carbocycles. The highest BCUT2D eigenvalue weighted by molar-refractivity contribution is 5.98. The van der Waals surface area contributed by atoms with E-state index in [0.29, 0.717) is 17.8 Å². The lowest BCUT2D eigenvalue weighted by atomic mass is 10.0. The quantitative estimate of drug-likeness (QED) is 0.710. The summed E-state index contributed by atoms with van der Waals surface area (Å²) >= 11 is 0. The van der Waals surface area contributed by atoms with Crippen LogP contribution in [0.15, 0.2) is 67.0 Å². The van der Waals surface area contributed by atoms with Crippen molar-refractivity contribution in [3.05, 3.63) is 67.0 Å². The van der Waals surface area contributed by atoms with E-state index in [4.69, 9.17) is 0 Å². The van der Waals surface area contributed by atoms with Gasteiger partial charge in [-0.3, -0.25) is 4.79 Å². The van der Waals surface area contributed by atoms with Gasteiger partial charge in [0.1, 0.15) is 0 Å². The van der Waals surface area contributed by atoms with Crippen LogP contribution in [-0.4, -0.2) is 15.6 Å². The van der Waals surface area contributed by atoms with Crippen LogP contribution in [-0.2, 0) is 4.79 Å². The summed E-state index contributed by atoms with van der Waals surface area (Å²) in [6.07, 6.45) is 4.05. The van der Waals surface area contributed by atoms with Gasteiger partial charge in [0, 0.05) is 24.4 Å². The van der Waals surface area contributed by atoms with Gasteiger partial charge >= 0.3 is 0 Å². The average Bonchev–Trinajstić information content (AvgIpc) is 3.11. The molecular weight excluding hydrogens is 288 g/mol. The number of anilines is 1. The summed E-state index contributed by atoms with van der Waals surface area (Å²) in [7, 11) is 0. The van der Waals surface area contributed by atoms with Gasteiger partial charge in [0.15, 0.2) is 5.75 Å². The van der Waals surface area contributed by atoms with Crippen LogP contribution >= 0.6 is 0 Å². The Balaban J connectivity index is 2.16. The first-order valence-electron chi connectivity index (χ1n) is 7.55. The molecule has 0 atom stereocenters. The molecule has 1 aromatic heterocycles. The Morgan fingerprint density at radius 1 is 1.04 bits per heavy atom. The first-order valence-corrected chi connectivity index (χ1v) is 7.55. The van der Waals surface area contributed by atoms with Gasteiger partial charge in [-0.2, -0.15) is 0 Å². The SMILES string of the molecule is CCC(=O)Nc1c(-c2ccccc2)ccc(-n2cccc2)c1O. The van der Waals surface area contributed by atoms with E-state index < -0.39 is 0 Å². The van der Waals surface area contributed by atoms with Gasteiger partial charge < -0.3 is 15.0 Å². The highest BCUT2D eigenvalue weighted by Gasteiger charge is 2.16. The average molecular weight is 306 g/mol. The normalized spacial score (nSPS) is 10.5. The van der Waals surface area contributed by atoms with Crippen LogP contribution in [0.4, 0.5) is 5.69 Å². The van der Waals surface area contributed by atoms with Crippen molar-refractivity contribution in [2.24, 2.45) is 0 Å². The van der Waals surface area contributed by atoms with Crippen molar-refractivity contribution in [2.75, 3.05) is 5.32 Å². The van der Waals surface area contributed by atoms with Gasteiger partial charge in [0.05, 0.1) is 11.4 Å². The number of carbonyl (C=O) groups excluding carboxylic acids is 1. The number of hydrogen-bond acceptors (Lipinski definition) is 2. The molecule has 0 unspecified atom stereocenters. The third kappa shape index (κ3) is 2.97. The maximum atomic E-state index is 11.9. The van der Waals surface area contributed by atoms with E-state index in [9.17, 15) is 9.90 Å². The molecule has 4 heteroatoms. The number of aromatic nitrogens is 1. The van der Waals surface area contributed by atoms with E-state index >= 15 is 0 Å². The summed E-state index contributed by atoms with van der Waals surface area (Å²) in [6.45, 7) is 1.78. The summed E-state index contributed by atoms with van der Waals surface area (Å²) in [5.41, 5.74) is 2.80. The predicted octanol–water partition coefficient (Wildman–Crippen LogP) is 4.20. The molecule has 116 valence electrons. The molecule has 2 aromatic carbocycles. The van der Waals surface area contributed by atoms with Crippen molar-refractivity contribution in [3.8, 4) is 22.6 Å². The second kappa shape index (κ2) is 6.40. The number of carbonyl (C=O) groups is 1. The van der Waals surface area contributed by atoms with Gasteiger partial charge in [0.25, 0.3) is 0 Å². The summed E-state index contributed by atoms with van der Waals surface area (Å²) in [5.74, 6) is -0.0773. The maximum absolute atomic E-state index is 11.9. The number of nitrogens with zero attached hydrogens (tertiary/aromatic N) is 1. The van der Waals surface area contributed by atoms with Crippen LogP contribution in [0.25, 0.3) is 16.8 Å². The Morgan fingerprint density at radius 3 is 2.39 bits per heavy atom. The summed E-state index contributed by atoms with van der Waals surface area (Å²) in [5, 5.41) is 13.5. The van der Waals surface area contributed by atoms with Gasteiger partial charge in [0.2, 0.25) is 5.91 Å². The zero-order valence-electron chi connectivity index (χ0n) is 12.9. The number of nitrogens with one attached hydrogen (secondary N) is 1. The molecule has 0 aliphatic heterocycles. The van der Waals surface area contributed by atoms with Crippen LogP contribution in [0.1, 0.15) is 13.3 Å². The molecule has 23 heavy (non-hydrogen) atoms. The molecule has 1 amide bonds. The molecule has 0 saturated carbocycles. The fourth-order valence-corrected chi connectivity index (χ4v) is 2.50. The van der Waals surface area contributed by atoms with Crippen molar-refractivity contribution in [1.29, 1.82) is 0 Å². The first-order chi connectivity index (χ1) is 11.2. The minimum atomic E-state index is -0.137. The Bertz CT molecular complexity index is 809. The van der Waals surface area contributed by atoms with E-state index in [1.54, 1.807) is 6.92 Å². The second-order valence-corrected chi connectivity index (χ2v) is 5.21. The lowest BCUT2D eigenvalue weighted by Crippen LogP contribution is -2.11. The van der Waals surface area contributed by atoms with E-state index in [1.807, 2.05) is 71.6 Å². The molecule has 1 heterocycles. The molecule has 0 spiro atoms. The zero-order valence-corrected chi connectivity index (χ0v) is 12.9. The van der Waals surface area contributed by atoms with E-state index in [0.717, 1.165) is 11.1 Å². The summed E-state index contributed by atoms with van der Waals surface area (Å²) < 4.78 is 1.81. The number of benzene rings is 2. The smallest absolute Gasteiger partial charge is 0.224 e. The lowest BCUT2D eigenvalue weighted by molar-refractivity contribution is -0.115. The summed E-state index contributed by atoms with van der Waals surface area (Å²) in [4.78, 5) is 11.9. The number of amides is 1. The van der Waals surface area contributed by atoms with Crippen molar-refractivity contribution in [2.45, 2.75) is 13.3 Å². The molecule has 0 radical (unpaired) electrons. The standard InChI is InChI=1S/C19H18N2O2/c1-2-17(22)20-18-15(14-8-4-3-5-9-14)10-11-16(19(18)23)21-12-6-7-13-21/h3-13,23H,2H2,1H3,(H,20,22). The Kier molecular flexibility index (Phi) is 4.15. The maximum Gasteiger partial charge on any atom is 0.224 e. The lowest BCUT2D eigenvalue weighted by Gasteiger charge is -2.16. The van der Waals surface area contributed by atoms with Gasteiger partial charge in [-0.1, -0.05) is 37.3 Å². The molecule has 2 N–H and O–H groups in total. The number of rotatable bonds is 4. The predicted molar refractivity (Wildman–Crippen MR) is 91.8 cm³/mol. The van der Waals surface area contributed by atoms with E-state index in [2.05, 4.69) is 5.32 Å². The second-order valence-electron chi connectivity index (χ2n) is 5.21. The highest BCUT2D eigenvalue weighted by atomic mass is 16.3. The molecule has 3 aromatic rings. The fourth-order valence-electron chi connectivity index (χ4n) is 2.50. The van der Waals surface area contributed by atoms with E-state index in [1.165, 1.54) is 0 Å². The Labute approximate surface area is 135 Å². The number of aromatic hydroxyl groups is 1. The minimum absolute atomic E-state index is 0.0596. The van der Waals surface area contributed by atoms with Crippen molar-refractivity contribution in [1.82, 2.24) is 4.57 Å². The van der Waals surface area contributed by atoms with E-state index in [-0.39, 0.29) is 11.7 Å². The highest BCUT2D eigenvalue weighted by Crippen LogP contribution is 2.39.